The van der Waals surface area contributed by atoms with Crippen LogP contribution in [0.15, 0.2) is 52.0 Å². The van der Waals surface area contributed by atoms with Gasteiger partial charge in [-0.3, -0.25) is 0 Å². The number of nitrogens with one attached hydrogen (secondary N) is 2. The molecule has 0 aliphatic carbocycles. The summed E-state index contributed by atoms with van der Waals surface area (Å²) >= 11 is 1.68. The van der Waals surface area contributed by atoms with Crippen LogP contribution < -0.4 is 10.6 Å². The summed E-state index contributed by atoms with van der Waals surface area (Å²) in [6, 6.07) is 11.1. The molecular formula is C17H22N2O3S. The van der Waals surface area contributed by atoms with Crippen molar-refractivity contribution in [2.45, 2.75) is 36.9 Å². The Hall–Kier alpha value is -1.92. The summed E-state index contributed by atoms with van der Waals surface area (Å²) in [6.07, 6.45) is 3.22. The summed E-state index contributed by atoms with van der Waals surface area (Å²) in [6.45, 7) is 2.31. The lowest BCUT2D eigenvalue weighted by Crippen LogP contribution is -2.41. The van der Waals surface area contributed by atoms with Crippen molar-refractivity contribution in [3.05, 3.63) is 54.0 Å². The van der Waals surface area contributed by atoms with E-state index in [1.807, 2.05) is 37.4 Å². The summed E-state index contributed by atoms with van der Waals surface area (Å²) < 4.78 is 5.15. The van der Waals surface area contributed by atoms with Crippen LogP contribution >= 0.6 is 11.8 Å². The number of rotatable bonds is 7. The molecule has 2 amide bonds. The predicted molar refractivity (Wildman–Crippen MR) is 91.3 cm³/mol. The smallest absolute Gasteiger partial charge is 0.315 e. The fraction of sp³-hybridized carbons (Fsp3) is 0.353. The molecule has 0 aliphatic rings. The summed E-state index contributed by atoms with van der Waals surface area (Å²) in [5, 5.41) is 15.6. The number of urea groups is 1. The van der Waals surface area contributed by atoms with Gasteiger partial charge in [-0.15, -0.1) is 11.8 Å². The minimum Gasteiger partial charge on any atom is -0.467 e. The Bertz CT molecular complexity index is 599. The van der Waals surface area contributed by atoms with Crippen molar-refractivity contribution < 1.29 is 14.3 Å². The lowest BCUT2D eigenvalue weighted by molar-refractivity contribution is 0.129. The average molecular weight is 334 g/mol. The van der Waals surface area contributed by atoms with Crippen LogP contribution in [0.5, 0.6) is 0 Å². The fourth-order valence-electron chi connectivity index (χ4n) is 2.19. The molecule has 0 radical (unpaired) electrons. The van der Waals surface area contributed by atoms with Crippen molar-refractivity contribution in [3.63, 3.8) is 0 Å². The maximum absolute atomic E-state index is 11.9. The van der Waals surface area contributed by atoms with Gasteiger partial charge in [0, 0.05) is 23.9 Å². The molecule has 0 fully saturated rings. The highest BCUT2D eigenvalue weighted by atomic mass is 32.2. The molecule has 0 saturated heterocycles. The van der Waals surface area contributed by atoms with E-state index in [1.165, 1.54) is 11.2 Å². The molecule has 2 rings (SSSR count). The third-order valence-corrected chi connectivity index (χ3v) is 4.18. The minimum atomic E-state index is -0.723. The van der Waals surface area contributed by atoms with Crippen LogP contribution in [0.2, 0.25) is 0 Å². The molecule has 0 saturated carbocycles. The van der Waals surface area contributed by atoms with E-state index in [1.54, 1.807) is 23.9 Å². The second kappa shape index (κ2) is 8.64. The number of hydrogen-bond acceptors (Lipinski definition) is 4. The molecular weight excluding hydrogens is 312 g/mol. The number of carbonyl (C=O) groups is 1. The number of aliphatic hydroxyl groups excluding tert-OH is 1. The summed E-state index contributed by atoms with van der Waals surface area (Å²) in [5.74, 6) is 0.507. The summed E-state index contributed by atoms with van der Waals surface area (Å²) in [4.78, 5) is 13.1. The van der Waals surface area contributed by atoms with E-state index in [0.29, 0.717) is 18.7 Å². The number of hydrogen-bond donors (Lipinski definition) is 3. The van der Waals surface area contributed by atoms with Crippen LogP contribution in [-0.2, 0) is 6.54 Å². The molecule has 1 aromatic heterocycles. The molecule has 124 valence electrons. The monoisotopic (exact) mass is 334 g/mol. The van der Waals surface area contributed by atoms with Crippen molar-refractivity contribution in [2.75, 3.05) is 6.26 Å². The van der Waals surface area contributed by atoms with Crippen LogP contribution in [0.3, 0.4) is 0 Å². The Morgan fingerprint density at radius 1 is 1.30 bits per heavy atom. The van der Waals surface area contributed by atoms with Crippen molar-refractivity contribution in [2.24, 2.45) is 0 Å². The minimum absolute atomic E-state index is 0.172. The number of furan rings is 1. The summed E-state index contributed by atoms with van der Waals surface area (Å²) in [7, 11) is 0. The van der Waals surface area contributed by atoms with Crippen molar-refractivity contribution in [1.82, 2.24) is 10.6 Å². The molecule has 1 aromatic carbocycles. The third kappa shape index (κ3) is 5.65. The Morgan fingerprint density at radius 2 is 2.04 bits per heavy atom. The Balaban J connectivity index is 1.73. The van der Waals surface area contributed by atoms with E-state index >= 15 is 0 Å². The molecule has 23 heavy (non-hydrogen) atoms. The van der Waals surface area contributed by atoms with Crippen LogP contribution in [0.25, 0.3) is 0 Å². The fourth-order valence-corrected chi connectivity index (χ4v) is 2.60. The summed E-state index contributed by atoms with van der Waals surface area (Å²) in [5.41, 5.74) is 1.04. The van der Waals surface area contributed by atoms with Crippen LogP contribution in [-0.4, -0.2) is 23.4 Å². The van der Waals surface area contributed by atoms with Crippen LogP contribution in [0.1, 0.15) is 30.8 Å². The topological polar surface area (TPSA) is 74.5 Å². The van der Waals surface area contributed by atoms with Gasteiger partial charge in [-0.25, -0.2) is 4.79 Å². The van der Waals surface area contributed by atoms with Gasteiger partial charge in [0.2, 0.25) is 0 Å². The van der Waals surface area contributed by atoms with Crippen LogP contribution in [0.4, 0.5) is 4.79 Å². The van der Waals surface area contributed by atoms with Gasteiger partial charge < -0.3 is 20.2 Å². The first-order chi connectivity index (χ1) is 11.1. The third-order valence-electron chi connectivity index (χ3n) is 3.44. The molecule has 3 N–H and O–H groups in total. The molecule has 2 aromatic rings. The Morgan fingerprint density at radius 3 is 2.65 bits per heavy atom. The van der Waals surface area contributed by atoms with E-state index in [2.05, 4.69) is 10.6 Å². The molecule has 0 aliphatic heterocycles. The molecule has 0 bridgehead atoms. The second-order valence-corrected chi connectivity index (χ2v) is 6.22. The number of thioether (sulfide) groups is 1. The molecule has 0 spiro atoms. The molecule has 5 nitrogen and oxygen atoms in total. The van der Waals surface area contributed by atoms with Crippen molar-refractivity contribution in [3.8, 4) is 0 Å². The maximum Gasteiger partial charge on any atom is 0.315 e. The average Bonchev–Trinajstić information content (AvgIpc) is 3.08. The molecule has 2 atom stereocenters. The van der Waals surface area contributed by atoms with Gasteiger partial charge in [0.05, 0.1) is 6.26 Å². The van der Waals surface area contributed by atoms with Crippen LogP contribution in [0, 0.1) is 0 Å². The lowest BCUT2D eigenvalue weighted by Gasteiger charge is -2.17. The quantitative estimate of drug-likeness (QED) is 0.679. The second-order valence-electron chi connectivity index (χ2n) is 5.34. The molecule has 1 heterocycles. The van der Waals surface area contributed by atoms with Gasteiger partial charge in [0.25, 0.3) is 0 Å². The Kier molecular flexibility index (Phi) is 6.55. The van der Waals surface area contributed by atoms with E-state index in [4.69, 9.17) is 4.42 Å². The van der Waals surface area contributed by atoms with Crippen molar-refractivity contribution >= 4 is 17.8 Å². The maximum atomic E-state index is 11.9. The van der Waals surface area contributed by atoms with Gasteiger partial charge >= 0.3 is 6.03 Å². The number of benzene rings is 1. The SMILES string of the molecule is CSc1ccc(CNC(=O)N[C@@H](C)C[C@H](O)c2ccco2)cc1. The molecule has 0 unspecified atom stereocenters. The number of aliphatic hydroxyl groups is 1. The number of amides is 2. The predicted octanol–water partition coefficient (Wildman–Crippen LogP) is 3.31. The number of carbonyl (C=O) groups excluding carboxylic acids is 1. The van der Waals surface area contributed by atoms with Gasteiger partial charge in [0.1, 0.15) is 11.9 Å². The highest BCUT2D eigenvalue weighted by molar-refractivity contribution is 7.98. The lowest BCUT2D eigenvalue weighted by atomic mass is 10.1. The standard InChI is InChI=1S/C17H22N2O3S/c1-12(10-15(20)16-4-3-9-22-16)19-17(21)18-11-13-5-7-14(23-2)8-6-13/h3-9,12,15,20H,10-11H2,1-2H3,(H2,18,19,21)/t12-,15-/m0/s1. The molecule has 6 heteroatoms. The van der Waals surface area contributed by atoms with E-state index in [-0.39, 0.29) is 12.1 Å². The first-order valence-electron chi connectivity index (χ1n) is 7.47. The van der Waals surface area contributed by atoms with E-state index in [9.17, 15) is 9.90 Å². The zero-order valence-electron chi connectivity index (χ0n) is 13.3. The van der Waals surface area contributed by atoms with Crippen molar-refractivity contribution in [1.29, 1.82) is 0 Å². The van der Waals surface area contributed by atoms with E-state index in [0.717, 1.165) is 5.56 Å². The van der Waals surface area contributed by atoms with Gasteiger partial charge in [-0.1, -0.05) is 12.1 Å². The first kappa shape index (κ1) is 17.4. The van der Waals surface area contributed by atoms with Gasteiger partial charge in [0.15, 0.2) is 0 Å². The Labute approximate surface area is 140 Å². The zero-order valence-corrected chi connectivity index (χ0v) is 14.1. The van der Waals surface area contributed by atoms with Gasteiger partial charge in [-0.05, 0) is 43.0 Å². The highest BCUT2D eigenvalue weighted by Crippen LogP contribution is 2.18. The highest BCUT2D eigenvalue weighted by Gasteiger charge is 2.16. The first-order valence-corrected chi connectivity index (χ1v) is 8.69. The van der Waals surface area contributed by atoms with E-state index < -0.39 is 6.10 Å². The van der Waals surface area contributed by atoms with Gasteiger partial charge in [-0.2, -0.15) is 0 Å². The normalized spacial score (nSPS) is 13.3. The largest absolute Gasteiger partial charge is 0.467 e. The zero-order chi connectivity index (χ0) is 16.7.